The van der Waals surface area contributed by atoms with Crippen LogP contribution in [0.15, 0.2) is 24.3 Å². The molecular weight excluding hydrogens is 455 g/mol. The number of hydrogen-bond acceptors (Lipinski definition) is 3. The summed E-state index contributed by atoms with van der Waals surface area (Å²) in [5.74, 6) is 0.318. The molecule has 0 heterocycles. The lowest BCUT2D eigenvalue weighted by Gasteiger charge is -2.14. The monoisotopic (exact) mass is 469 g/mol. The molecule has 146 valence electrons. The molecule has 0 atom stereocenters. The average Bonchev–Trinajstić information content (AvgIpc) is 2.66. The Balaban J connectivity index is 1.95. The summed E-state index contributed by atoms with van der Waals surface area (Å²) in [4.78, 5) is 12.1. The molecule has 2 rings (SSSR count). The van der Waals surface area contributed by atoms with E-state index in [-0.39, 0.29) is 37.5 Å². The summed E-state index contributed by atoms with van der Waals surface area (Å²) in [6, 6.07) is 7.02. The third-order valence-corrected chi connectivity index (χ3v) is 5.66. The number of ether oxygens (including phenoxy) is 2. The Labute approximate surface area is 182 Å². The van der Waals surface area contributed by atoms with Crippen LogP contribution < -0.4 is 14.8 Å². The number of hydrogen-bond donors (Lipinski definition) is 1. The van der Waals surface area contributed by atoms with Gasteiger partial charge in [-0.25, -0.2) is 0 Å². The first-order chi connectivity index (χ1) is 12.8. The van der Waals surface area contributed by atoms with Crippen molar-refractivity contribution in [3.05, 3.63) is 49.4 Å². The highest BCUT2D eigenvalue weighted by Crippen LogP contribution is 2.48. The molecule has 2 aromatic rings. The number of halogens is 5. The highest BCUT2D eigenvalue weighted by atomic mass is 35.5. The van der Waals surface area contributed by atoms with E-state index in [9.17, 15) is 4.79 Å². The van der Waals surface area contributed by atoms with E-state index in [1.165, 1.54) is 0 Å². The molecule has 0 aliphatic heterocycles. The van der Waals surface area contributed by atoms with Gasteiger partial charge in [-0.1, -0.05) is 71.3 Å². The molecule has 27 heavy (non-hydrogen) atoms. The first kappa shape index (κ1) is 22.3. The summed E-state index contributed by atoms with van der Waals surface area (Å²) in [6.45, 7) is 2.41. The van der Waals surface area contributed by atoms with Crippen molar-refractivity contribution >= 4 is 69.6 Å². The van der Waals surface area contributed by atoms with E-state index >= 15 is 0 Å². The highest BCUT2D eigenvalue weighted by molar-refractivity contribution is 6.55. The van der Waals surface area contributed by atoms with Gasteiger partial charge in [-0.05, 0) is 30.7 Å². The summed E-state index contributed by atoms with van der Waals surface area (Å²) in [5.41, 5.74) is 0.593. The molecule has 0 radical (unpaired) electrons. The van der Waals surface area contributed by atoms with Gasteiger partial charge in [0.1, 0.15) is 15.8 Å². The smallest absolute Gasteiger partial charge is 0.262 e. The van der Waals surface area contributed by atoms with E-state index in [1.54, 1.807) is 24.3 Å². The molecule has 4 nitrogen and oxygen atoms in total. The van der Waals surface area contributed by atoms with Crippen molar-refractivity contribution < 1.29 is 14.3 Å². The van der Waals surface area contributed by atoms with Crippen molar-refractivity contribution in [2.75, 3.05) is 18.5 Å². The van der Waals surface area contributed by atoms with Crippen molar-refractivity contribution in [2.45, 2.75) is 19.8 Å². The van der Waals surface area contributed by atoms with Crippen LogP contribution in [0.1, 0.15) is 19.8 Å². The van der Waals surface area contributed by atoms with E-state index in [2.05, 4.69) is 12.2 Å². The Bertz CT molecular complexity index is 783. The summed E-state index contributed by atoms with van der Waals surface area (Å²) >= 11 is 30.0. The fourth-order valence-corrected chi connectivity index (χ4v) is 3.25. The molecule has 1 amide bonds. The zero-order chi connectivity index (χ0) is 20.0. The zero-order valence-electron chi connectivity index (χ0n) is 14.3. The Morgan fingerprint density at radius 1 is 0.889 bits per heavy atom. The Hall–Kier alpha value is -1.04. The summed E-state index contributed by atoms with van der Waals surface area (Å²) in [5, 5.41) is 2.68. The van der Waals surface area contributed by atoms with Crippen LogP contribution >= 0.6 is 58.0 Å². The van der Waals surface area contributed by atoms with Crippen molar-refractivity contribution in [2.24, 2.45) is 0 Å². The van der Waals surface area contributed by atoms with E-state index in [0.717, 1.165) is 18.6 Å². The van der Waals surface area contributed by atoms with E-state index in [1.807, 2.05) is 0 Å². The lowest BCUT2D eigenvalue weighted by molar-refractivity contribution is -0.118. The number of benzene rings is 2. The molecule has 9 heteroatoms. The largest absolute Gasteiger partial charge is 0.494 e. The molecule has 0 fully saturated rings. The van der Waals surface area contributed by atoms with E-state index in [4.69, 9.17) is 67.5 Å². The second-order valence-electron chi connectivity index (χ2n) is 5.46. The molecule has 0 bridgehead atoms. The molecule has 0 aromatic heterocycles. The Morgan fingerprint density at radius 2 is 1.44 bits per heavy atom. The van der Waals surface area contributed by atoms with Crippen LogP contribution in [0, 0.1) is 0 Å². The van der Waals surface area contributed by atoms with Gasteiger partial charge in [0.2, 0.25) is 0 Å². The molecule has 0 saturated carbocycles. The molecule has 0 spiro atoms. The minimum atomic E-state index is -0.413. The first-order valence-electron chi connectivity index (χ1n) is 8.02. The van der Waals surface area contributed by atoms with Crippen LogP contribution in [0.2, 0.25) is 25.1 Å². The fraction of sp³-hybridized carbons (Fsp3) is 0.278. The Morgan fingerprint density at radius 3 is 2.00 bits per heavy atom. The van der Waals surface area contributed by atoms with Crippen LogP contribution in [-0.4, -0.2) is 19.1 Å². The summed E-state index contributed by atoms with van der Waals surface area (Å²) in [6.07, 6.45) is 2.05. The summed E-state index contributed by atoms with van der Waals surface area (Å²) in [7, 11) is 0. The second-order valence-corrected chi connectivity index (χ2v) is 7.35. The van der Waals surface area contributed by atoms with Gasteiger partial charge >= 0.3 is 0 Å². The highest BCUT2D eigenvalue weighted by Gasteiger charge is 2.21. The van der Waals surface area contributed by atoms with Gasteiger partial charge in [0.05, 0.1) is 21.7 Å². The Kier molecular flexibility index (Phi) is 8.64. The number of nitrogens with one attached hydrogen (secondary N) is 1. The minimum absolute atomic E-state index is 0.00167. The molecule has 0 saturated heterocycles. The maximum atomic E-state index is 12.1. The molecule has 0 aliphatic carbocycles. The van der Waals surface area contributed by atoms with Crippen LogP contribution in [0.5, 0.6) is 11.5 Å². The zero-order valence-corrected chi connectivity index (χ0v) is 18.0. The van der Waals surface area contributed by atoms with Gasteiger partial charge in [-0.2, -0.15) is 0 Å². The van der Waals surface area contributed by atoms with E-state index < -0.39 is 5.91 Å². The number of rotatable bonds is 8. The first-order valence-corrected chi connectivity index (χ1v) is 9.91. The van der Waals surface area contributed by atoms with Crippen LogP contribution in [0.25, 0.3) is 0 Å². The van der Waals surface area contributed by atoms with Gasteiger partial charge < -0.3 is 14.8 Å². The van der Waals surface area contributed by atoms with Crippen molar-refractivity contribution in [3.63, 3.8) is 0 Å². The summed E-state index contributed by atoms with van der Waals surface area (Å²) < 4.78 is 10.9. The molecule has 0 aliphatic rings. The van der Waals surface area contributed by atoms with Crippen molar-refractivity contribution in [3.8, 4) is 11.5 Å². The number of amides is 1. The topological polar surface area (TPSA) is 47.6 Å². The predicted molar refractivity (Wildman–Crippen MR) is 112 cm³/mol. The van der Waals surface area contributed by atoms with Gasteiger partial charge in [0.15, 0.2) is 12.4 Å². The third kappa shape index (κ3) is 5.97. The van der Waals surface area contributed by atoms with Gasteiger partial charge in [0, 0.05) is 5.69 Å². The maximum absolute atomic E-state index is 12.1. The maximum Gasteiger partial charge on any atom is 0.262 e. The quantitative estimate of drug-likeness (QED) is 0.253. The number of unbranched alkanes of at least 4 members (excludes halogenated alkanes) is 1. The molecule has 0 unspecified atom stereocenters. The fourth-order valence-electron chi connectivity index (χ4n) is 2.02. The number of carbonyl (C=O) groups is 1. The number of anilines is 1. The van der Waals surface area contributed by atoms with Crippen LogP contribution in [0.3, 0.4) is 0 Å². The lowest BCUT2D eigenvalue weighted by atomic mass is 10.3. The SMILES string of the molecule is CCCCOc1ccc(NC(=O)COc2c(Cl)c(Cl)c(Cl)c(Cl)c2Cl)cc1. The average molecular weight is 472 g/mol. The van der Waals surface area contributed by atoms with Gasteiger partial charge in [-0.3, -0.25) is 4.79 Å². The standard InChI is InChI=1S/C18H16Cl5NO3/c1-2-3-8-26-11-6-4-10(5-7-11)24-12(25)9-27-18-16(22)14(20)13(19)15(21)17(18)23/h4-7H,2-3,8-9H2,1H3,(H,24,25). The van der Waals surface area contributed by atoms with Crippen molar-refractivity contribution in [1.29, 1.82) is 0 Å². The van der Waals surface area contributed by atoms with Crippen molar-refractivity contribution in [1.82, 2.24) is 0 Å². The normalized spacial score (nSPS) is 10.6. The second kappa shape index (κ2) is 10.5. The molecule has 2 aromatic carbocycles. The van der Waals surface area contributed by atoms with Gasteiger partial charge in [0.25, 0.3) is 5.91 Å². The minimum Gasteiger partial charge on any atom is -0.494 e. The third-order valence-electron chi connectivity index (χ3n) is 3.42. The number of carbonyl (C=O) groups excluding carboxylic acids is 1. The molecular formula is C18H16Cl5NO3. The van der Waals surface area contributed by atoms with Gasteiger partial charge in [-0.15, -0.1) is 0 Å². The van der Waals surface area contributed by atoms with E-state index in [0.29, 0.717) is 12.3 Å². The predicted octanol–water partition coefficient (Wildman–Crippen LogP) is 7.15. The molecule has 1 N–H and O–H groups in total. The lowest BCUT2D eigenvalue weighted by Crippen LogP contribution is -2.20. The van der Waals surface area contributed by atoms with Crippen LogP contribution in [0.4, 0.5) is 5.69 Å². The van der Waals surface area contributed by atoms with Crippen LogP contribution in [-0.2, 0) is 4.79 Å².